The average molecular weight is 178 g/mol. The molecule has 1 rings (SSSR count). The fraction of sp³-hybridized carbons (Fsp3) is 1.00. The molecule has 1 heterocycles. The summed E-state index contributed by atoms with van der Waals surface area (Å²) in [7, 11) is 0. The normalized spacial score (nSPS) is 42.0. The molecule has 1 fully saturated rings. The van der Waals surface area contributed by atoms with Gasteiger partial charge in [0.15, 0.2) is 6.29 Å². The smallest absolute Gasteiger partial charge is 0.184 e. The van der Waals surface area contributed by atoms with Gasteiger partial charge in [-0.15, -0.1) is 0 Å². The van der Waals surface area contributed by atoms with Crippen LogP contribution in [0.3, 0.4) is 0 Å². The van der Waals surface area contributed by atoms with Gasteiger partial charge in [0.25, 0.3) is 0 Å². The summed E-state index contributed by atoms with van der Waals surface area (Å²) in [6.07, 6.45) is -4.22. The first-order chi connectivity index (χ1) is 5.66. The molecule has 1 aliphatic rings. The first kappa shape index (κ1) is 9.88. The maximum absolute atomic E-state index is 9.24. The van der Waals surface area contributed by atoms with E-state index >= 15 is 0 Å². The highest BCUT2D eigenvalue weighted by molar-refractivity contribution is 4.85. The van der Waals surface area contributed by atoms with Crippen molar-refractivity contribution in [2.45, 2.75) is 31.5 Å². The van der Waals surface area contributed by atoms with Crippen LogP contribution in [0.5, 0.6) is 0 Å². The summed E-state index contributed by atoms with van der Waals surface area (Å²) >= 11 is 0. The summed E-state index contributed by atoms with van der Waals surface area (Å²) in [4.78, 5) is 0. The maximum atomic E-state index is 9.24. The van der Waals surface area contributed by atoms with Crippen molar-refractivity contribution in [1.82, 2.24) is 0 Å². The quantitative estimate of drug-likeness (QED) is 0.488. The van der Waals surface area contributed by atoms with Gasteiger partial charge in [-0.3, -0.25) is 0 Å². The Bertz CT molecular complexity index is 140. The van der Waals surface area contributed by atoms with Crippen LogP contribution in [0.1, 0.15) is 6.92 Å². The van der Waals surface area contributed by atoms with Gasteiger partial charge in [0.2, 0.25) is 0 Å². The van der Waals surface area contributed by atoms with E-state index < -0.39 is 24.6 Å². The van der Waals surface area contributed by atoms with Crippen LogP contribution in [0.25, 0.3) is 0 Å². The Morgan fingerprint density at radius 1 is 1.25 bits per heavy atom. The molecule has 1 aliphatic heterocycles. The van der Waals surface area contributed by atoms with Crippen LogP contribution < -0.4 is 0 Å². The fourth-order valence-corrected chi connectivity index (χ4v) is 1.10. The van der Waals surface area contributed by atoms with Crippen molar-refractivity contribution in [3.63, 3.8) is 0 Å². The van der Waals surface area contributed by atoms with Crippen molar-refractivity contribution in [3.05, 3.63) is 0 Å². The molecule has 5 nitrogen and oxygen atoms in total. The number of aliphatic hydroxyl groups is 3. The molecular formula is C7H14O5. The second kappa shape index (κ2) is 4.15. The second-order valence-electron chi connectivity index (χ2n) is 2.71. The third kappa shape index (κ3) is 1.94. The van der Waals surface area contributed by atoms with Gasteiger partial charge in [0.05, 0.1) is 6.61 Å². The van der Waals surface area contributed by atoms with E-state index in [0.717, 1.165) is 0 Å². The monoisotopic (exact) mass is 178 g/mol. The van der Waals surface area contributed by atoms with E-state index in [4.69, 9.17) is 19.7 Å². The molecule has 12 heavy (non-hydrogen) atoms. The minimum absolute atomic E-state index is 0.186. The summed E-state index contributed by atoms with van der Waals surface area (Å²) in [5.74, 6) is 0. The standard InChI is InChI=1S/C7H14O5/c1-2-11-3-4-5(8)6(9)7(10)12-4/h4-10H,2-3H2,1H3/t4-,5-,6-,7?/m1/s1. The minimum Gasteiger partial charge on any atom is -0.387 e. The summed E-state index contributed by atoms with van der Waals surface area (Å²) in [6, 6.07) is 0. The lowest BCUT2D eigenvalue weighted by Gasteiger charge is -2.13. The van der Waals surface area contributed by atoms with Crippen LogP contribution in [-0.4, -0.2) is 53.1 Å². The zero-order valence-electron chi connectivity index (χ0n) is 6.88. The van der Waals surface area contributed by atoms with Crippen molar-refractivity contribution in [1.29, 1.82) is 0 Å². The van der Waals surface area contributed by atoms with E-state index in [9.17, 15) is 5.11 Å². The van der Waals surface area contributed by atoms with Gasteiger partial charge in [0.1, 0.15) is 18.3 Å². The number of ether oxygens (including phenoxy) is 2. The van der Waals surface area contributed by atoms with Gasteiger partial charge < -0.3 is 24.8 Å². The highest BCUT2D eigenvalue weighted by atomic mass is 16.7. The molecule has 3 N–H and O–H groups in total. The Hall–Kier alpha value is -0.200. The predicted molar refractivity (Wildman–Crippen MR) is 39.4 cm³/mol. The third-order valence-electron chi connectivity index (χ3n) is 1.82. The summed E-state index contributed by atoms with van der Waals surface area (Å²) < 4.78 is 9.80. The van der Waals surface area contributed by atoms with Crippen LogP contribution in [0.2, 0.25) is 0 Å². The highest BCUT2D eigenvalue weighted by Crippen LogP contribution is 2.19. The first-order valence-corrected chi connectivity index (χ1v) is 3.94. The molecule has 0 saturated carbocycles. The Morgan fingerprint density at radius 3 is 2.33 bits per heavy atom. The van der Waals surface area contributed by atoms with E-state index in [1.807, 2.05) is 6.92 Å². The van der Waals surface area contributed by atoms with Crippen LogP contribution in [0.4, 0.5) is 0 Å². The van der Waals surface area contributed by atoms with Gasteiger partial charge in [0, 0.05) is 6.61 Å². The molecule has 0 spiro atoms. The van der Waals surface area contributed by atoms with Crippen molar-refractivity contribution in [3.8, 4) is 0 Å². The molecule has 1 saturated heterocycles. The lowest BCUT2D eigenvalue weighted by atomic mass is 10.1. The average Bonchev–Trinajstić information content (AvgIpc) is 2.30. The van der Waals surface area contributed by atoms with E-state index in [-0.39, 0.29) is 6.61 Å². The number of rotatable bonds is 3. The molecule has 0 aliphatic carbocycles. The molecule has 5 heteroatoms. The third-order valence-corrected chi connectivity index (χ3v) is 1.82. The largest absolute Gasteiger partial charge is 0.387 e. The van der Waals surface area contributed by atoms with Gasteiger partial charge in [-0.1, -0.05) is 0 Å². The van der Waals surface area contributed by atoms with Crippen molar-refractivity contribution >= 4 is 0 Å². The Balaban J connectivity index is 2.36. The summed E-state index contributed by atoms with van der Waals surface area (Å²) in [5.41, 5.74) is 0. The Labute approximate surface area is 70.5 Å². The molecule has 0 radical (unpaired) electrons. The molecule has 0 amide bonds. The molecule has 0 aromatic rings. The van der Waals surface area contributed by atoms with Crippen LogP contribution >= 0.6 is 0 Å². The predicted octanol–water partition coefficient (Wildman–Crippen LogP) is -1.54. The van der Waals surface area contributed by atoms with Crippen LogP contribution in [0.15, 0.2) is 0 Å². The Morgan fingerprint density at radius 2 is 1.92 bits per heavy atom. The van der Waals surface area contributed by atoms with Crippen LogP contribution in [0, 0.1) is 0 Å². The molecule has 4 atom stereocenters. The van der Waals surface area contributed by atoms with E-state index in [0.29, 0.717) is 6.61 Å². The lowest BCUT2D eigenvalue weighted by molar-refractivity contribution is -0.136. The number of hydrogen-bond acceptors (Lipinski definition) is 5. The number of hydrogen-bond donors (Lipinski definition) is 3. The first-order valence-electron chi connectivity index (χ1n) is 3.94. The van der Waals surface area contributed by atoms with E-state index in [1.54, 1.807) is 0 Å². The SMILES string of the molecule is CCOC[C@H]1OC(O)[C@H](O)[C@@H]1O. The minimum atomic E-state index is -1.30. The highest BCUT2D eigenvalue weighted by Gasteiger charge is 2.41. The van der Waals surface area contributed by atoms with Gasteiger partial charge in [-0.05, 0) is 6.92 Å². The van der Waals surface area contributed by atoms with Gasteiger partial charge in [-0.2, -0.15) is 0 Å². The molecule has 1 unspecified atom stereocenters. The zero-order valence-corrected chi connectivity index (χ0v) is 6.88. The maximum Gasteiger partial charge on any atom is 0.184 e. The topological polar surface area (TPSA) is 79.2 Å². The van der Waals surface area contributed by atoms with Crippen molar-refractivity contribution in [2.75, 3.05) is 13.2 Å². The van der Waals surface area contributed by atoms with E-state index in [2.05, 4.69) is 0 Å². The summed E-state index contributed by atoms with van der Waals surface area (Å²) in [5, 5.41) is 27.2. The molecule has 0 aromatic heterocycles. The zero-order chi connectivity index (χ0) is 9.14. The molecule has 0 bridgehead atoms. The van der Waals surface area contributed by atoms with Gasteiger partial charge in [-0.25, -0.2) is 0 Å². The Kier molecular flexibility index (Phi) is 3.42. The number of aliphatic hydroxyl groups excluding tert-OH is 3. The van der Waals surface area contributed by atoms with Crippen LogP contribution in [-0.2, 0) is 9.47 Å². The summed E-state index contributed by atoms with van der Waals surface area (Å²) in [6.45, 7) is 2.51. The fourth-order valence-electron chi connectivity index (χ4n) is 1.10. The van der Waals surface area contributed by atoms with Crippen molar-refractivity contribution < 1.29 is 24.8 Å². The van der Waals surface area contributed by atoms with E-state index in [1.165, 1.54) is 0 Å². The molecular weight excluding hydrogens is 164 g/mol. The molecule has 0 aromatic carbocycles. The van der Waals surface area contributed by atoms with Crippen molar-refractivity contribution in [2.24, 2.45) is 0 Å². The second-order valence-corrected chi connectivity index (χ2v) is 2.71. The van der Waals surface area contributed by atoms with Gasteiger partial charge >= 0.3 is 0 Å². The molecule has 72 valence electrons. The lowest BCUT2D eigenvalue weighted by Crippen LogP contribution is -2.34.